The molecular formula is C47H37N. The van der Waals surface area contributed by atoms with Gasteiger partial charge in [-0.3, -0.25) is 4.98 Å². The standard InChI is InChI=1S/C47H37N/c1-47(2,3)39-27-37-20-22-40-42(31-15-17-32(18-16-31)44-13-6-7-24-48-44)29-43(41-23-21-38(28-39)45(37)46(40)41)36-12-8-11-34(26-36)35-19-14-30-9-4-5-10-33(30)25-35/h4-19,21,23-29H,20,22H2,1-3H3. The molecule has 0 radical (unpaired) electrons. The van der Waals surface area contributed by atoms with E-state index in [4.69, 9.17) is 0 Å². The van der Waals surface area contributed by atoms with E-state index in [1.54, 1.807) is 0 Å². The summed E-state index contributed by atoms with van der Waals surface area (Å²) in [7, 11) is 0. The highest BCUT2D eigenvalue weighted by Crippen LogP contribution is 2.46. The van der Waals surface area contributed by atoms with Crippen LogP contribution in [-0.4, -0.2) is 4.98 Å². The predicted octanol–water partition coefficient (Wildman–Crippen LogP) is 12.6. The van der Waals surface area contributed by atoms with Gasteiger partial charge in [0, 0.05) is 11.8 Å². The number of aryl methyl sites for hydroxylation is 2. The van der Waals surface area contributed by atoms with Gasteiger partial charge in [-0.15, -0.1) is 0 Å². The van der Waals surface area contributed by atoms with Crippen molar-refractivity contribution in [2.45, 2.75) is 39.0 Å². The molecular weight excluding hydrogens is 579 g/mol. The summed E-state index contributed by atoms with van der Waals surface area (Å²) in [5.74, 6) is 0. The lowest BCUT2D eigenvalue weighted by Gasteiger charge is -2.27. The van der Waals surface area contributed by atoms with Crippen molar-refractivity contribution in [2.24, 2.45) is 0 Å². The number of nitrogens with zero attached hydrogens (tertiary/aromatic N) is 1. The first-order valence-electron chi connectivity index (χ1n) is 17.1. The van der Waals surface area contributed by atoms with Crippen molar-refractivity contribution in [3.05, 3.63) is 162 Å². The van der Waals surface area contributed by atoms with Crippen molar-refractivity contribution in [1.29, 1.82) is 0 Å². The van der Waals surface area contributed by atoms with Gasteiger partial charge in [0.05, 0.1) is 5.69 Å². The van der Waals surface area contributed by atoms with E-state index in [9.17, 15) is 0 Å². The van der Waals surface area contributed by atoms with E-state index in [1.807, 2.05) is 12.3 Å². The molecule has 0 saturated carbocycles. The lowest BCUT2D eigenvalue weighted by molar-refractivity contribution is 0.590. The molecule has 7 aromatic carbocycles. The third-order valence-corrected chi connectivity index (χ3v) is 10.3. The van der Waals surface area contributed by atoms with Gasteiger partial charge in [0.15, 0.2) is 0 Å². The SMILES string of the molecule is CC(C)(C)c1cc2c3c(ccc4c(-c5cccc(-c6ccc7ccccc7c6)c5)cc(-c5ccc(-c6ccccn6)cc5)c(c43)CC2)c1. The molecule has 0 bridgehead atoms. The average Bonchev–Trinajstić information content (AvgIpc) is 3.13. The van der Waals surface area contributed by atoms with Crippen LogP contribution >= 0.6 is 0 Å². The van der Waals surface area contributed by atoms with Crippen LogP contribution in [0.1, 0.15) is 37.5 Å². The van der Waals surface area contributed by atoms with Crippen molar-refractivity contribution in [3.8, 4) is 44.6 Å². The number of fused-ring (bicyclic) bond motifs is 1. The van der Waals surface area contributed by atoms with Crippen molar-refractivity contribution in [1.82, 2.24) is 4.98 Å². The molecule has 1 aromatic heterocycles. The fourth-order valence-corrected chi connectivity index (χ4v) is 7.77. The Labute approximate surface area is 282 Å². The first-order valence-corrected chi connectivity index (χ1v) is 17.1. The Morgan fingerprint density at radius 2 is 1.21 bits per heavy atom. The Hall–Kier alpha value is -5.53. The molecule has 1 nitrogen and oxygen atoms in total. The predicted molar refractivity (Wildman–Crippen MR) is 205 cm³/mol. The second-order valence-corrected chi connectivity index (χ2v) is 14.4. The Morgan fingerprint density at radius 1 is 0.479 bits per heavy atom. The molecule has 1 aliphatic rings. The monoisotopic (exact) mass is 615 g/mol. The van der Waals surface area contributed by atoms with Gasteiger partial charge in [-0.05, 0) is 131 Å². The fourth-order valence-electron chi connectivity index (χ4n) is 7.77. The molecule has 0 N–H and O–H groups in total. The molecule has 1 heterocycles. The van der Waals surface area contributed by atoms with Gasteiger partial charge in [-0.25, -0.2) is 0 Å². The number of aromatic nitrogens is 1. The number of benzene rings is 7. The number of rotatable bonds is 4. The van der Waals surface area contributed by atoms with Crippen molar-refractivity contribution in [3.63, 3.8) is 0 Å². The maximum absolute atomic E-state index is 4.60. The summed E-state index contributed by atoms with van der Waals surface area (Å²) in [5, 5.41) is 8.08. The second-order valence-electron chi connectivity index (χ2n) is 14.4. The summed E-state index contributed by atoms with van der Waals surface area (Å²) in [4.78, 5) is 4.60. The first-order chi connectivity index (χ1) is 23.4. The second kappa shape index (κ2) is 11.0. The zero-order valence-corrected chi connectivity index (χ0v) is 27.7. The van der Waals surface area contributed by atoms with E-state index in [-0.39, 0.29) is 5.41 Å². The smallest absolute Gasteiger partial charge is 0.0701 e. The van der Waals surface area contributed by atoms with Crippen molar-refractivity contribution in [2.75, 3.05) is 0 Å². The van der Waals surface area contributed by atoms with Gasteiger partial charge in [-0.1, -0.05) is 130 Å². The quantitative estimate of drug-likeness (QED) is 0.180. The number of pyridine rings is 1. The highest BCUT2D eigenvalue weighted by atomic mass is 14.7. The lowest BCUT2D eigenvalue weighted by Crippen LogP contribution is -2.13. The van der Waals surface area contributed by atoms with Gasteiger partial charge in [0.25, 0.3) is 0 Å². The maximum Gasteiger partial charge on any atom is 0.0701 e. The zero-order valence-electron chi connectivity index (χ0n) is 27.7. The van der Waals surface area contributed by atoms with Crippen LogP contribution in [0.5, 0.6) is 0 Å². The van der Waals surface area contributed by atoms with E-state index < -0.39 is 0 Å². The molecule has 0 amide bonds. The van der Waals surface area contributed by atoms with E-state index in [2.05, 4.69) is 159 Å². The van der Waals surface area contributed by atoms with Crippen LogP contribution in [0.15, 0.2) is 146 Å². The topological polar surface area (TPSA) is 12.9 Å². The lowest BCUT2D eigenvalue weighted by atomic mass is 9.77. The molecule has 9 rings (SSSR count). The fraction of sp³-hybridized carbons (Fsp3) is 0.128. The normalized spacial score (nSPS) is 12.7. The van der Waals surface area contributed by atoms with Crippen LogP contribution in [0.2, 0.25) is 0 Å². The van der Waals surface area contributed by atoms with Crippen LogP contribution in [0, 0.1) is 0 Å². The number of hydrogen-bond donors (Lipinski definition) is 0. The Bertz CT molecular complexity index is 2510. The van der Waals surface area contributed by atoms with E-state index in [0.29, 0.717) is 0 Å². The minimum Gasteiger partial charge on any atom is -0.256 e. The van der Waals surface area contributed by atoms with Gasteiger partial charge in [0.2, 0.25) is 0 Å². The summed E-state index contributed by atoms with van der Waals surface area (Å²) < 4.78 is 0. The Kier molecular flexibility index (Phi) is 6.59. The molecule has 48 heavy (non-hydrogen) atoms. The minimum absolute atomic E-state index is 0.103. The summed E-state index contributed by atoms with van der Waals surface area (Å²) in [5.41, 5.74) is 14.2. The van der Waals surface area contributed by atoms with Crippen LogP contribution in [0.25, 0.3) is 77.0 Å². The summed E-state index contributed by atoms with van der Waals surface area (Å²) in [6.45, 7) is 6.97. The largest absolute Gasteiger partial charge is 0.256 e. The van der Waals surface area contributed by atoms with E-state index >= 15 is 0 Å². The molecule has 0 unspecified atom stereocenters. The third kappa shape index (κ3) is 4.81. The zero-order chi connectivity index (χ0) is 32.4. The van der Waals surface area contributed by atoms with Gasteiger partial charge in [-0.2, -0.15) is 0 Å². The van der Waals surface area contributed by atoms with Crippen LogP contribution in [-0.2, 0) is 18.3 Å². The molecule has 0 saturated heterocycles. The minimum atomic E-state index is 0.103. The molecule has 0 fully saturated rings. The van der Waals surface area contributed by atoms with Crippen LogP contribution in [0.3, 0.4) is 0 Å². The Balaban J connectivity index is 1.28. The molecule has 0 aliphatic heterocycles. The van der Waals surface area contributed by atoms with Crippen molar-refractivity contribution < 1.29 is 0 Å². The summed E-state index contributed by atoms with van der Waals surface area (Å²) >= 11 is 0. The van der Waals surface area contributed by atoms with Gasteiger partial charge in [0.1, 0.15) is 0 Å². The summed E-state index contributed by atoms with van der Waals surface area (Å²) in [6, 6.07) is 51.8. The number of hydrogen-bond acceptors (Lipinski definition) is 1. The van der Waals surface area contributed by atoms with Crippen LogP contribution in [0.4, 0.5) is 0 Å². The molecule has 8 aromatic rings. The average molecular weight is 616 g/mol. The summed E-state index contributed by atoms with van der Waals surface area (Å²) in [6.07, 6.45) is 3.95. The van der Waals surface area contributed by atoms with Gasteiger partial charge >= 0.3 is 0 Å². The highest BCUT2D eigenvalue weighted by Gasteiger charge is 2.24. The third-order valence-electron chi connectivity index (χ3n) is 10.3. The molecule has 1 heteroatoms. The van der Waals surface area contributed by atoms with Crippen LogP contribution < -0.4 is 0 Å². The molecule has 0 spiro atoms. The van der Waals surface area contributed by atoms with E-state index in [1.165, 1.54) is 82.4 Å². The first kappa shape index (κ1) is 28.7. The maximum atomic E-state index is 4.60. The molecule has 1 aliphatic carbocycles. The van der Waals surface area contributed by atoms with Gasteiger partial charge < -0.3 is 0 Å². The molecule has 0 atom stereocenters. The highest BCUT2D eigenvalue weighted by molar-refractivity contribution is 6.18. The van der Waals surface area contributed by atoms with Crippen molar-refractivity contribution >= 4 is 32.3 Å². The van der Waals surface area contributed by atoms with E-state index in [0.717, 1.165) is 24.1 Å². The Morgan fingerprint density at radius 3 is 2.02 bits per heavy atom. The molecule has 230 valence electrons.